The number of rotatable bonds is 7. The van der Waals surface area contributed by atoms with Crippen LogP contribution in [0.3, 0.4) is 0 Å². The van der Waals surface area contributed by atoms with E-state index in [9.17, 15) is 13.9 Å². The van der Waals surface area contributed by atoms with Crippen molar-refractivity contribution in [1.29, 1.82) is 0 Å². The quantitative estimate of drug-likeness (QED) is 0.598. The second kappa shape index (κ2) is 7.98. The van der Waals surface area contributed by atoms with Crippen LogP contribution in [-0.4, -0.2) is 33.0 Å². The maximum atomic E-state index is 14.0. The molecular weight excluding hydrogens is 314 g/mol. The molecule has 0 amide bonds. The molecule has 0 saturated heterocycles. The van der Waals surface area contributed by atoms with Crippen molar-refractivity contribution in [3.8, 4) is 0 Å². The molecule has 0 aliphatic heterocycles. The SMILES string of the molecule is C=CCNCC(O)(Cn1cncn1)c1ccc(F)cc1F.Cl. The lowest BCUT2D eigenvalue weighted by Crippen LogP contribution is -2.42. The number of aromatic nitrogens is 3. The molecule has 2 N–H and O–H groups in total. The molecule has 0 bridgehead atoms. The van der Waals surface area contributed by atoms with Gasteiger partial charge in [0, 0.05) is 24.7 Å². The topological polar surface area (TPSA) is 63.0 Å². The van der Waals surface area contributed by atoms with Crippen LogP contribution < -0.4 is 5.32 Å². The van der Waals surface area contributed by atoms with E-state index < -0.39 is 17.2 Å². The first kappa shape index (κ1) is 18.2. The summed E-state index contributed by atoms with van der Waals surface area (Å²) in [6, 6.07) is 3.09. The van der Waals surface area contributed by atoms with Crippen molar-refractivity contribution in [3.05, 3.63) is 60.7 Å². The number of aliphatic hydroxyl groups is 1. The minimum atomic E-state index is -1.59. The van der Waals surface area contributed by atoms with Crippen LogP contribution in [0.5, 0.6) is 0 Å². The van der Waals surface area contributed by atoms with E-state index in [-0.39, 0.29) is 31.1 Å². The Morgan fingerprint density at radius 1 is 1.41 bits per heavy atom. The van der Waals surface area contributed by atoms with Gasteiger partial charge in [0.15, 0.2) is 0 Å². The molecule has 0 spiro atoms. The zero-order valence-electron chi connectivity index (χ0n) is 11.7. The van der Waals surface area contributed by atoms with Crippen molar-refractivity contribution >= 4 is 12.4 Å². The average molecular weight is 331 g/mol. The molecule has 0 saturated carbocycles. The Labute approximate surface area is 133 Å². The van der Waals surface area contributed by atoms with E-state index in [1.54, 1.807) is 6.08 Å². The molecule has 22 heavy (non-hydrogen) atoms. The first-order chi connectivity index (χ1) is 10.0. The summed E-state index contributed by atoms with van der Waals surface area (Å²) in [7, 11) is 0. The van der Waals surface area contributed by atoms with Crippen LogP contribution in [0.15, 0.2) is 43.5 Å². The lowest BCUT2D eigenvalue weighted by atomic mass is 9.93. The van der Waals surface area contributed by atoms with Gasteiger partial charge in [-0.3, -0.25) is 0 Å². The average Bonchev–Trinajstić information content (AvgIpc) is 2.91. The highest BCUT2D eigenvalue weighted by atomic mass is 35.5. The molecule has 1 aromatic carbocycles. The molecule has 0 aliphatic rings. The van der Waals surface area contributed by atoms with Crippen LogP contribution in [0.4, 0.5) is 8.78 Å². The Balaban J connectivity index is 0.00000242. The van der Waals surface area contributed by atoms with Gasteiger partial charge < -0.3 is 10.4 Å². The third-order valence-electron chi connectivity index (χ3n) is 3.03. The van der Waals surface area contributed by atoms with Gasteiger partial charge in [0.1, 0.15) is 29.9 Å². The standard InChI is InChI=1S/C14H16F2N4O.ClH/c1-2-5-17-7-14(21,8-20-10-18-9-19-20)12-4-3-11(15)6-13(12)16;/h2-4,6,9-10,17,21H,1,5,7-8H2;1H. The van der Waals surface area contributed by atoms with Gasteiger partial charge in [-0.1, -0.05) is 12.1 Å². The fourth-order valence-corrected chi connectivity index (χ4v) is 2.07. The lowest BCUT2D eigenvalue weighted by molar-refractivity contribution is 0.0129. The summed E-state index contributed by atoms with van der Waals surface area (Å²) in [4.78, 5) is 3.78. The van der Waals surface area contributed by atoms with Gasteiger partial charge >= 0.3 is 0 Å². The van der Waals surface area contributed by atoms with E-state index >= 15 is 0 Å². The van der Waals surface area contributed by atoms with Crippen molar-refractivity contribution in [2.24, 2.45) is 0 Å². The molecule has 0 radical (unpaired) electrons. The summed E-state index contributed by atoms with van der Waals surface area (Å²) >= 11 is 0. The Bertz CT molecular complexity index is 609. The summed E-state index contributed by atoms with van der Waals surface area (Å²) in [5.74, 6) is -1.50. The molecule has 8 heteroatoms. The van der Waals surface area contributed by atoms with Gasteiger partial charge in [-0.05, 0) is 6.07 Å². The predicted molar refractivity (Wildman–Crippen MR) is 80.6 cm³/mol. The van der Waals surface area contributed by atoms with E-state index in [4.69, 9.17) is 0 Å². The molecule has 1 aromatic heterocycles. The van der Waals surface area contributed by atoms with Crippen LogP contribution in [0.2, 0.25) is 0 Å². The maximum Gasteiger partial charge on any atom is 0.137 e. The summed E-state index contributed by atoms with van der Waals surface area (Å²) in [6.07, 6.45) is 4.36. The number of nitrogens with zero attached hydrogens (tertiary/aromatic N) is 3. The molecule has 2 aromatic rings. The molecule has 0 aliphatic carbocycles. The smallest absolute Gasteiger partial charge is 0.137 e. The van der Waals surface area contributed by atoms with Gasteiger partial charge in [0.05, 0.1) is 6.54 Å². The molecule has 0 fully saturated rings. The number of benzene rings is 1. The normalized spacial score (nSPS) is 13.2. The van der Waals surface area contributed by atoms with Crippen molar-refractivity contribution in [1.82, 2.24) is 20.1 Å². The Hall–Kier alpha value is -1.83. The Kier molecular flexibility index (Phi) is 6.61. The highest BCUT2D eigenvalue weighted by molar-refractivity contribution is 5.85. The van der Waals surface area contributed by atoms with Crippen LogP contribution in [-0.2, 0) is 12.1 Å². The van der Waals surface area contributed by atoms with Crippen molar-refractivity contribution in [2.75, 3.05) is 13.1 Å². The molecule has 1 heterocycles. The third kappa shape index (κ3) is 4.33. The van der Waals surface area contributed by atoms with Crippen molar-refractivity contribution in [3.63, 3.8) is 0 Å². The van der Waals surface area contributed by atoms with Crippen molar-refractivity contribution in [2.45, 2.75) is 12.1 Å². The zero-order valence-corrected chi connectivity index (χ0v) is 12.6. The minimum absolute atomic E-state index is 0. The minimum Gasteiger partial charge on any atom is -0.382 e. The van der Waals surface area contributed by atoms with Gasteiger partial charge in [-0.2, -0.15) is 5.10 Å². The van der Waals surface area contributed by atoms with E-state index in [0.717, 1.165) is 12.1 Å². The summed E-state index contributed by atoms with van der Waals surface area (Å²) in [6.45, 7) is 4.05. The molecule has 5 nitrogen and oxygen atoms in total. The zero-order chi connectivity index (χ0) is 15.3. The van der Waals surface area contributed by atoms with Crippen LogP contribution in [0.1, 0.15) is 5.56 Å². The molecule has 2 rings (SSSR count). The van der Waals surface area contributed by atoms with E-state index in [1.165, 1.54) is 23.4 Å². The van der Waals surface area contributed by atoms with Crippen LogP contribution >= 0.6 is 12.4 Å². The van der Waals surface area contributed by atoms with Crippen LogP contribution in [0.25, 0.3) is 0 Å². The Morgan fingerprint density at radius 3 is 2.77 bits per heavy atom. The fourth-order valence-electron chi connectivity index (χ4n) is 2.07. The first-order valence-corrected chi connectivity index (χ1v) is 6.37. The first-order valence-electron chi connectivity index (χ1n) is 6.37. The van der Waals surface area contributed by atoms with Gasteiger partial charge in [-0.25, -0.2) is 18.4 Å². The monoisotopic (exact) mass is 330 g/mol. The number of halogens is 3. The second-order valence-electron chi connectivity index (χ2n) is 4.67. The Morgan fingerprint density at radius 2 is 2.18 bits per heavy atom. The number of hydrogen-bond acceptors (Lipinski definition) is 4. The summed E-state index contributed by atoms with van der Waals surface area (Å²) in [5.41, 5.74) is -1.59. The number of hydrogen-bond donors (Lipinski definition) is 2. The van der Waals surface area contributed by atoms with Gasteiger partial charge in [0.25, 0.3) is 0 Å². The lowest BCUT2D eigenvalue weighted by Gasteiger charge is -2.29. The second-order valence-corrected chi connectivity index (χ2v) is 4.67. The van der Waals surface area contributed by atoms with Crippen molar-refractivity contribution < 1.29 is 13.9 Å². The van der Waals surface area contributed by atoms with E-state index in [2.05, 4.69) is 22.0 Å². The molecule has 120 valence electrons. The van der Waals surface area contributed by atoms with Gasteiger partial charge in [-0.15, -0.1) is 19.0 Å². The fraction of sp³-hybridized carbons (Fsp3) is 0.286. The molecule has 1 unspecified atom stereocenters. The third-order valence-corrected chi connectivity index (χ3v) is 3.03. The number of nitrogens with one attached hydrogen (secondary N) is 1. The van der Waals surface area contributed by atoms with Gasteiger partial charge in [0.2, 0.25) is 0 Å². The molecule has 1 atom stereocenters. The highest BCUT2D eigenvalue weighted by Gasteiger charge is 2.33. The van der Waals surface area contributed by atoms with Crippen LogP contribution in [0, 0.1) is 11.6 Å². The largest absolute Gasteiger partial charge is 0.382 e. The van der Waals surface area contributed by atoms with E-state index in [1.807, 2.05) is 0 Å². The highest BCUT2D eigenvalue weighted by Crippen LogP contribution is 2.26. The summed E-state index contributed by atoms with van der Waals surface area (Å²) in [5, 5.41) is 17.6. The summed E-state index contributed by atoms with van der Waals surface area (Å²) < 4.78 is 28.4. The van der Waals surface area contributed by atoms with E-state index in [0.29, 0.717) is 6.54 Å². The predicted octanol–water partition coefficient (Wildman–Crippen LogP) is 1.64. The molecular formula is C14H17ClF2N4O. The maximum absolute atomic E-state index is 14.0.